The number of benzene rings is 1. The number of hydrogen-bond acceptors (Lipinski definition) is 1. The molecular weight excluding hydrogens is 248 g/mol. The standard InChI is InChI=1S/C14H19ClN2O/c1-10-5-7-17(8-6-10)14(18)16-13-4-3-11(2)9-12(13)15/h3-4,9-10H,5-8H2,1-2H3,(H,16,18). The summed E-state index contributed by atoms with van der Waals surface area (Å²) in [5.41, 5.74) is 1.77. The lowest BCUT2D eigenvalue weighted by Crippen LogP contribution is -2.40. The zero-order chi connectivity index (χ0) is 13.1. The number of nitrogens with one attached hydrogen (secondary N) is 1. The number of nitrogens with zero attached hydrogens (tertiary/aromatic N) is 1. The number of hydrogen-bond donors (Lipinski definition) is 1. The second kappa shape index (κ2) is 5.61. The van der Waals surface area contributed by atoms with Gasteiger partial charge in [0, 0.05) is 13.1 Å². The minimum Gasteiger partial charge on any atom is -0.325 e. The predicted molar refractivity (Wildman–Crippen MR) is 75.2 cm³/mol. The minimum atomic E-state index is -0.0485. The summed E-state index contributed by atoms with van der Waals surface area (Å²) in [6.45, 7) is 5.86. The molecule has 0 radical (unpaired) electrons. The van der Waals surface area contributed by atoms with Gasteiger partial charge in [-0.2, -0.15) is 0 Å². The van der Waals surface area contributed by atoms with Gasteiger partial charge >= 0.3 is 6.03 Å². The van der Waals surface area contributed by atoms with Gasteiger partial charge in [-0.25, -0.2) is 4.79 Å². The van der Waals surface area contributed by atoms with E-state index in [0.717, 1.165) is 37.4 Å². The van der Waals surface area contributed by atoms with Crippen molar-refractivity contribution in [2.45, 2.75) is 26.7 Å². The molecule has 4 heteroatoms. The van der Waals surface area contributed by atoms with Gasteiger partial charge in [-0.15, -0.1) is 0 Å². The molecule has 0 bridgehead atoms. The van der Waals surface area contributed by atoms with Crippen molar-refractivity contribution in [3.8, 4) is 0 Å². The number of likely N-dealkylation sites (tertiary alicyclic amines) is 1. The molecule has 1 heterocycles. The first-order valence-corrected chi connectivity index (χ1v) is 6.76. The molecule has 98 valence electrons. The van der Waals surface area contributed by atoms with Crippen molar-refractivity contribution >= 4 is 23.3 Å². The fourth-order valence-corrected chi connectivity index (χ4v) is 2.41. The zero-order valence-corrected chi connectivity index (χ0v) is 11.6. The number of urea groups is 1. The molecule has 0 unspecified atom stereocenters. The van der Waals surface area contributed by atoms with Crippen LogP contribution in [0.5, 0.6) is 0 Å². The van der Waals surface area contributed by atoms with Crippen LogP contribution in [0.1, 0.15) is 25.3 Å². The molecule has 0 saturated carbocycles. The van der Waals surface area contributed by atoms with E-state index in [-0.39, 0.29) is 6.03 Å². The number of amides is 2. The summed E-state index contributed by atoms with van der Waals surface area (Å²) in [7, 11) is 0. The topological polar surface area (TPSA) is 32.3 Å². The van der Waals surface area contributed by atoms with Gasteiger partial charge in [0.15, 0.2) is 0 Å². The number of halogens is 1. The molecule has 1 aliphatic heterocycles. The molecule has 1 aromatic carbocycles. The van der Waals surface area contributed by atoms with Crippen LogP contribution in [0, 0.1) is 12.8 Å². The number of carbonyl (C=O) groups excluding carboxylic acids is 1. The van der Waals surface area contributed by atoms with Crippen molar-refractivity contribution in [3.63, 3.8) is 0 Å². The van der Waals surface area contributed by atoms with Gasteiger partial charge in [0.1, 0.15) is 0 Å². The van der Waals surface area contributed by atoms with Crippen molar-refractivity contribution in [2.75, 3.05) is 18.4 Å². The van der Waals surface area contributed by atoms with Gasteiger partial charge in [0.25, 0.3) is 0 Å². The van der Waals surface area contributed by atoms with E-state index in [2.05, 4.69) is 12.2 Å². The Balaban J connectivity index is 1.98. The average Bonchev–Trinajstić information content (AvgIpc) is 2.33. The third-order valence-electron chi connectivity index (χ3n) is 3.44. The van der Waals surface area contributed by atoms with E-state index in [1.807, 2.05) is 30.0 Å². The summed E-state index contributed by atoms with van der Waals surface area (Å²) in [6, 6.07) is 5.60. The molecule has 1 aromatic rings. The van der Waals surface area contributed by atoms with E-state index in [0.29, 0.717) is 10.7 Å². The SMILES string of the molecule is Cc1ccc(NC(=O)N2CCC(C)CC2)c(Cl)c1. The van der Waals surface area contributed by atoms with Crippen molar-refractivity contribution in [1.29, 1.82) is 0 Å². The summed E-state index contributed by atoms with van der Waals surface area (Å²) < 4.78 is 0. The van der Waals surface area contributed by atoms with Crippen molar-refractivity contribution in [1.82, 2.24) is 4.90 Å². The van der Waals surface area contributed by atoms with Gasteiger partial charge in [-0.3, -0.25) is 0 Å². The Morgan fingerprint density at radius 1 is 1.39 bits per heavy atom. The quantitative estimate of drug-likeness (QED) is 0.821. The molecule has 1 saturated heterocycles. The molecule has 0 aromatic heterocycles. The summed E-state index contributed by atoms with van der Waals surface area (Å²) in [6.07, 6.45) is 2.16. The van der Waals surface area contributed by atoms with Gasteiger partial charge in [0.05, 0.1) is 10.7 Å². The summed E-state index contributed by atoms with van der Waals surface area (Å²) in [4.78, 5) is 13.9. The van der Waals surface area contributed by atoms with Crippen molar-refractivity contribution in [2.24, 2.45) is 5.92 Å². The van der Waals surface area contributed by atoms with Crippen LogP contribution >= 0.6 is 11.6 Å². The minimum absolute atomic E-state index is 0.0485. The summed E-state index contributed by atoms with van der Waals surface area (Å²) in [5.74, 6) is 0.719. The van der Waals surface area contributed by atoms with Crippen LogP contribution in [0.4, 0.5) is 10.5 Å². The number of aryl methyl sites for hydroxylation is 1. The highest BCUT2D eigenvalue weighted by Crippen LogP contribution is 2.24. The highest BCUT2D eigenvalue weighted by atomic mass is 35.5. The second-order valence-corrected chi connectivity index (χ2v) is 5.49. The normalized spacial score (nSPS) is 16.7. The Hall–Kier alpha value is -1.22. The first kappa shape index (κ1) is 13.2. The van der Waals surface area contributed by atoms with Crippen molar-refractivity contribution in [3.05, 3.63) is 28.8 Å². The maximum absolute atomic E-state index is 12.1. The molecule has 1 fully saturated rings. The van der Waals surface area contributed by atoms with E-state index in [4.69, 9.17) is 11.6 Å². The Morgan fingerprint density at radius 2 is 2.06 bits per heavy atom. The number of anilines is 1. The smallest absolute Gasteiger partial charge is 0.321 e. The van der Waals surface area contributed by atoms with E-state index >= 15 is 0 Å². The van der Waals surface area contributed by atoms with E-state index in [1.54, 1.807) is 0 Å². The highest BCUT2D eigenvalue weighted by molar-refractivity contribution is 6.33. The van der Waals surface area contributed by atoms with Crippen LogP contribution in [0.15, 0.2) is 18.2 Å². The number of piperidine rings is 1. The summed E-state index contributed by atoms with van der Waals surface area (Å²) in [5, 5.41) is 3.47. The Kier molecular flexibility index (Phi) is 4.12. The van der Waals surface area contributed by atoms with Gasteiger partial charge in [-0.1, -0.05) is 24.6 Å². The average molecular weight is 267 g/mol. The van der Waals surface area contributed by atoms with Crippen LogP contribution in [0.2, 0.25) is 5.02 Å². The van der Waals surface area contributed by atoms with Gasteiger partial charge in [-0.05, 0) is 43.4 Å². The molecule has 2 amide bonds. The molecule has 1 N–H and O–H groups in total. The highest BCUT2D eigenvalue weighted by Gasteiger charge is 2.20. The molecular formula is C14H19ClN2O. The van der Waals surface area contributed by atoms with Gasteiger partial charge < -0.3 is 10.2 Å². The summed E-state index contributed by atoms with van der Waals surface area (Å²) >= 11 is 6.10. The Labute approximate surface area is 113 Å². The third kappa shape index (κ3) is 3.16. The first-order chi connectivity index (χ1) is 8.56. The fraction of sp³-hybridized carbons (Fsp3) is 0.500. The second-order valence-electron chi connectivity index (χ2n) is 5.08. The maximum Gasteiger partial charge on any atom is 0.321 e. The molecule has 18 heavy (non-hydrogen) atoms. The lowest BCUT2D eigenvalue weighted by molar-refractivity contribution is 0.186. The molecule has 1 aliphatic rings. The lowest BCUT2D eigenvalue weighted by Gasteiger charge is -2.30. The third-order valence-corrected chi connectivity index (χ3v) is 3.75. The molecule has 3 nitrogen and oxygen atoms in total. The first-order valence-electron chi connectivity index (χ1n) is 6.38. The van der Waals surface area contributed by atoms with Crippen LogP contribution in [0.25, 0.3) is 0 Å². The van der Waals surface area contributed by atoms with Crippen molar-refractivity contribution < 1.29 is 4.79 Å². The zero-order valence-electron chi connectivity index (χ0n) is 10.9. The van der Waals surface area contributed by atoms with E-state index in [1.165, 1.54) is 0 Å². The maximum atomic E-state index is 12.1. The monoisotopic (exact) mass is 266 g/mol. The number of rotatable bonds is 1. The molecule has 0 spiro atoms. The Bertz CT molecular complexity index is 439. The van der Waals surface area contributed by atoms with Crippen LogP contribution in [-0.2, 0) is 0 Å². The molecule has 2 rings (SSSR count). The Morgan fingerprint density at radius 3 is 2.67 bits per heavy atom. The van der Waals surface area contributed by atoms with E-state index in [9.17, 15) is 4.79 Å². The number of carbonyl (C=O) groups is 1. The largest absolute Gasteiger partial charge is 0.325 e. The van der Waals surface area contributed by atoms with Gasteiger partial charge in [0.2, 0.25) is 0 Å². The fourth-order valence-electron chi connectivity index (χ4n) is 2.13. The van der Waals surface area contributed by atoms with Crippen LogP contribution < -0.4 is 5.32 Å². The predicted octanol–water partition coefficient (Wildman–Crippen LogP) is 3.91. The molecule has 0 atom stereocenters. The van der Waals surface area contributed by atoms with Crippen LogP contribution in [-0.4, -0.2) is 24.0 Å². The molecule has 0 aliphatic carbocycles. The van der Waals surface area contributed by atoms with Crippen LogP contribution in [0.3, 0.4) is 0 Å². The van der Waals surface area contributed by atoms with E-state index < -0.39 is 0 Å². The lowest BCUT2D eigenvalue weighted by atomic mass is 10.00.